The Morgan fingerprint density at radius 2 is 2.12 bits per heavy atom. The van der Waals surface area contributed by atoms with E-state index in [9.17, 15) is 18.0 Å². The topological polar surface area (TPSA) is 96.2 Å². The molecule has 0 saturated carbocycles. The smallest absolute Gasteiger partial charge is 0.364 e. The minimum atomic E-state index is -4.62. The minimum absolute atomic E-state index is 0.000555. The van der Waals surface area contributed by atoms with Crippen LogP contribution in [0.3, 0.4) is 0 Å². The number of alkyl halides is 3. The highest BCUT2D eigenvalue weighted by atomic mass is 32.1. The minimum Gasteiger partial charge on any atom is -0.364 e. The van der Waals surface area contributed by atoms with Crippen molar-refractivity contribution in [1.29, 1.82) is 0 Å². The van der Waals surface area contributed by atoms with Crippen LogP contribution in [0.25, 0.3) is 4.96 Å². The lowest BCUT2D eigenvalue weighted by molar-refractivity contribution is -0.137. The first-order valence-electron chi connectivity index (χ1n) is 9.56. The van der Waals surface area contributed by atoms with E-state index in [-0.39, 0.29) is 30.6 Å². The standard InChI is InChI=1S/C20H16F3N7OS/c1-10-9-32-19-27-13(8-30(10)19)6-24-17-14(20(21,22)23)7-25-18(29-17)26-12-2-3-15-11(4-12)5-16(31)28-15/h2-4,7-9H,5-6H2,1H3,(H,28,31)(H2,24,25,26,29). The van der Waals surface area contributed by atoms with Crippen molar-refractivity contribution >= 4 is 45.3 Å². The Labute approximate surface area is 183 Å². The molecule has 3 aromatic heterocycles. The van der Waals surface area contributed by atoms with E-state index in [1.165, 1.54) is 11.3 Å². The van der Waals surface area contributed by atoms with Gasteiger partial charge in [0.1, 0.15) is 11.4 Å². The molecule has 0 fully saturated rings. The Bertz CT molecular complexity index is 1340. The molecule has 0 radical (unpaired) electrons. The van der Waals surface area contributed by atoms with Gasteiger partial charge in [0.05, 0.1) is 18.7 Å². The van der Waals surface area contributed by atoms with Crippen LogP contribution in [0.4, 0.5) is 36.3 Å². The van der Waals surface area contributed by atoms with Gasteiger partial charge in [-0.05, 0) is 30.7 Å². The van der Waals surface area contributed by atoms with E-state index in [1.54, 1.807) is 24.4 Å². The number of amides is 1. The first-order valence-corrected chi connectivity index (χ1v) is 10.4. The Hall–Kier alpha value is -3.67. The predicted molar refractivity (Wildman–Crippen MR) is 114 cm³/mol. The Morgan fingerprint density at radius 1 is 1.28 bits per heavy atom. The highest BCUT2D eigenvalue weighted by Gasteiger charge is 2.35. The summed E-state index contributed by atoms with van der Waals surface area (Å²) in [5, 5.41) is 10.3. The van der Waals surface area contributed by atoms with Crippen LogP contribution in [0.2, 0.25) is 0 Å². The zero-order valence-electron chi connectivity index (χ0n) is 16.6. The van der Waals surface area contributed by atoms with Gasteiger partial charge in [0.15, 0.2) is 4.96 Å². The van der Waals surface area contributed by atoms with Crippen molar-refractivity contribution in [3.63, 3.8) is 0 Å². The number of anilines is 4. The van der Waals surface area contributed by atoms with E-state index in [2.05, 4.69) is 30.9 Å². The first-order chi connectivity index (χ1) is 15.3. The van der Waals surface area contributed by atoms with Crippen LogP contribution in [0.15, 0.2) is 36.0 Å². The summed E-state index contributed by atoms with van der Waals surface area (Å²) in [6.07, 6.45) is -1.85. The number of benzene rings is 1. The molecule has 12 heteroatoms. The molecular formula is C20H16F3N7OS. The first kappa shape index (κ1) is 20.2. The highest BCUT2D eigenvalue weighted by Crippen LogP contribution is 2.34. The molecule has 0 unspecified atom stereocenters. The van der Waals surface area contributed by atoms with Gasteiger partial charge in [-0.15, -0.1) is 11.3 Å². The number of hydrogen-bond donors (Lipinski definition) is 3. The molecule has 0 aliphatic carbocycles. The number of thiazole rings is 1. The summed E-state index contributed by atoms with van der Waals surface area (Å²) in [5.74, 6) is -0.454. The summed E-state index contributed by atoms with van der Waals surface area (Å²) in [7, 11) is 0. The van der Waals surface area contributed by atoms with Gasteiger partial charge in [-0.25, -0.2) is 9.97 Å². The molecule has 0 atom stereocenters. The molecule has 0 saturated heterocycles. The zero-order chi connectivity index (χ0) is 22.5. The fourth-order valence-corrected chi connectivity index (χ4v) is 4.29. The summed E-state index contributed by atoms with van der Waals surface area (Å²) < 4.78 is 42.4. The number of aryl methyl sites for hydroxylation is 1. The normalized spacial score (nSPS) is 13.3. The summed E-state index contributed by atoms with van der Waals surface area (Å²) in [6, 6.07) is 5.15. The van der Waals surface area contributed by atoms with Gasteiger partial charge < -0.3 is 16.0 Å². The number of nitrogens with zero attached hydrogens (tertiary/aromatic N) is 4. The fourth-order valence-electron chi connectivity index (χ4n) is 3.42. The maximum absolute atomic E-state index is 13.5. The number of carbonyl (C=O) groups excluding carboxylic acids is 1. The highest BCUT2D eigenvalue weighted by molar-refractivity contribution is 7.15. The number of rotatable bonds is 5. The van der Waals surface area contributed by atoms with Gasteiger partial charge in [0, 0.05) is 34.8 Å². The monoisotopic (exact) mass is 459 g/mol. The number of fused-ring (bicyclic) bond motifs is 2. The van der Waals surface area contributed by atoms with Gasteiger partial charge in [0.2, 0.25) is 11.9 Å². The van der Waals surface area contributed by atoms with Crippen molar-refractivity contribution < 1.29 is 18.0 Å². The molecule has 1 aliphatic heterocycles. The third-order valence-electron chi connectivity index (χ3n) is 4.96. The summed E-state index contributed by atoms with van der Waals surface area (Å²) in [4.78, 5) is 24.6. The molecule has 4 heterocycles. The van der Waals surface area contributed by atoms with Crippen molar-refractivity contribution in [2.45, 2.75) is 26.1 Å². The van der Waals surface area contributed by atoms with E-state index < -0.39 is 11.7 Å². The van der Waals surface area contributed by atoms with Crippen LogP contribution in [0, 0.1) is 6.92 Å². The number of hydrogen-bond acceptors (Lipinski definition) is 7. The average Bonchev–Trinajstić information content (AvgIpc) is 3.40. The average molecular weight is 459 g/mol. The Morgan fingerprint density at radius 3 is 2.91 bits per heavy atom. The van der Waals surface area contributed by atoms with Crippen molar-refractivity contribution in [1.82, 2.24) is 19.4 Å². The van der Waals surface area contributed by atoms with Crippen LogP contribution < -0.4 is 16.0 Å². The molecule has 0 bridgehead atoms. The zero-order valence-corrected chi connectivity index (χ0v) is 17.4. The summed E-state index contributed by atoms with van der Waals surface area (Å²) in [6.45, 7) is 2.00. The molecule has 0 spiro atoms. The number of imidazole rings is 1. The SMILES string of the molecule is Cc1csc2nc(CNc3nc(Nc4ccc5c(c4)CC(=O)N5)ncc3C(F)(F)F)cn12. The Balaban J connectivity index is 1.39. The Kier molecular flexibility index (Phi) is 4.73. The van der Waals surface area contributed by atoms with Crippen LogP contribution in [0.5, 0.6) is 0 Å². The molecular weight excluding hydrogens is 443 g/mol. The van der Waals surface area contributed by atoms with Gasteiger partial charge in [-0.2, -0.15) is 18.2 Å². The number of nitrogens with one attached hydrogen (secondary N) is 3. The lowest BCUT2D eigenvalue weighted by Gasteiger charge is -2.14. The predicted octanol–water partition coefficient (Wildman–Crippen LogP) is 4.36. The fraction of sp³-hybridized carbons (Fsp3) is 0.200. The maximum atomic E-state index is 13.5. The van der Waals surface area contributed by atoms with E-state index >= 15 is 0 Å². The van der Waals surface area contributed by atoms with Crippen LogP contribution in [-0.4, -0.2) is 25.3 Å². The molecule has 1 amide bonds. The van der Waals surface area contributed by atoms with Gasteiger partial charge in [0.25, 0.3) is 0 Å². The van der Waals surface area contributed by atoms with Gasteiger partial charge in [-0.1, -0.05) is 0 Å². The molecule has 5 rings (SSSR count). The number of halogens is 3. The van der Waals surface area contributed by atoms with Gasteiger partial charge in [-0.3, -0.25) is 9.20 Å². The van der Waals surface area contributed by atoms with Crippen LogP contribution >= 0.6 is 11.3 Å². The second-order valence-corrected chi connectivity index (χ2v) is 8.13. The number of aromatic nitrogens is 4. The molecule has 1 aliphatic rings. The van der Waals surface area contributed by atoms with Crippen LogP contribution in [-0.2, 0) is 23.9 Å². The van der Waals surface area contributed by atoms with Crippen molar-refractivity contribution in [2.75, 3.05) is 16.0 Å². The molecule has 164 valence electrons. The van der Waals surface area contributed by atoms with Gasteiger partial charge >= 0.3 is 6.18 Å². The largest absolute Gasteiger partial charge is 0.421 e. The van der Waals surface area contributed by atoms with E-state index in [4.69, 9.17) is 0 Å². The third kappa shape index (κ3) is 3.84. The second-order valence-electron chi connectivity index (χ2n) is 7.29. The molecule has 3 N–H and O–H groups in total. The maximum Gasteiger partial charge on any atom is 0.421 e. The molecule has 32 heavy (non-hydrogen) atoms. The summed E-state index contributed by atoms with van der Waals surface area (Å²) >= 11 is 1.46. The quantitative estimate of drug-likeness (QED) is 0.410. The van der Waals surface area contributed by atoms with E-state index in [0.29, 0.717) is 17.1 Å². The lowest BCUT2D eigenvalue weighted by Crippen LogP contribution is -2.14. The summed E-state index contributed by atoms with van der Waals surface area (Å²) in [5.41, 5.74) is 2.70. The third-order valence-corrected chi connectivity index (χ3v) is 5.91. The van der Waals surface area contributed by atoms with Crippen LogP contribution in [0.1, 0.15) is 22.5 Å². The van der Waals surface area contributed by atoms with Crippen molar-refractivity contribution in [3.05, 3.63) is 58.5 Å². The number of carbonyl (C=O) groups is 1. The molecule has 8 nitrogen and oxygen atoms in total. The second kappa shape index (κ2) is 7.48. The molecule has 4 aromatic rings. The van der Waals surface area contributed by atoms with E-state index in [0.717, 1.165) is 22.4 Å². The van der Waals surface area contributed by atoms with Crippen molar-refractivity contribution in [2.24, 2.45) is 0 Å². The van der Waals surface area contributed by atoms with Crippen molar-refractivity contribution in [3.8, 4) is 0 Å². The molecule has 1 aromatic carbocycles. The lowest BCUT2D eigenvalue weighted by atomic mass is 10.1. The van der Waals surface area contributed by atoms with E-state index in [1.807, 2.05) is 16.7 Å².